The summed E-state index contributed by atoms with van der Waals surface area (Å²) in [5.74, 6) is -0.000895. The van der Waals surface area contributed by atoms with Crippen LogP contribution in [-0.4, -0.2) is 42.3 Å². The number of hydrogen-bond donors (Lipinski definition) is 2. The summed E-state index contributed by atoms with van der Waals surface area (Å²) < 4.78 is 16.6. The Morgan fingerprint density at radius 1 is 0.868 bits per heavy atom. The Hall–Kier alpha value is -3.55. The van der Waals surface area contributed by atoms with Gasteiger partial charge in [-0.25, -0.2) is 4.79 Å². The zero-order valence-corrected chi connectivity index (χ0v) is 23.0. The van der Waals surface area contributed by atoms with E-state index in [1.807, 2.05) is 67.6 Å². The number of hydrogen-bond acceptors (Lipinski definition) is 6. The molecule has 0 heterocycles. The second kappa shape index (κ2) is 16.3. The van der Waals surface area contributed by atoms with Crippen LogP contribution in [0.15, 0.2) is 60.7 Å². The summed E-state index contributed by atoms with van der Waals surface area (Å²) >= 11 is 0. The number of alkyl carbamates (subject to hydrolysis) is 1. The standard InChI is InChI=1S/C30H42N2O6/c1-5-6-19-26(32-29(35)38-30(2,3)4)28(34)31-24(16-13-20-36-25-17-11-8-12-18-25)21-27(33)37-22-23-14-9-7-10-15-23/h7-12,14-15,17-18,24,26H,5-6,13,16,19-22H2,1-4H3,(H,31,34)(H,32,35)/t24-,26+/m1/s1. The monoisotopic (exact) mass is 526 g/mol. The van der Waals surface area contributed by atoms with Crippen LogP contribution in [0, 0.1) is 0 Å². The van der Waals surface area contributed by atoms with Crippen LogP contribution in [0.3, 0.4) is 0 Å². The molecule has 208 valence electrons. The number of esters is 1. The van der Waals surface area contributed by atoms with Gasteiger partial charge in [0.1, 0.15) is 24.0 Å². The first kappa shape index (κ1) is 30.7. The van der Waals surface area contributed by atoms with Gasteiger partial charge < -0.3 is 24.8 Å². The molecule has 0 aromatic heterocycles. The number of carbonyl (C=O) groups excluding carboxylic acids is 3. The predicted octanol–water partition coefficient (Wildman–Crippen LogP) is 5.55. The molecule has 8 heteroatoms. The summed E-state index contributed by atoms with van der Waals surface area (Å²) in [6.45, 7) is 7.91. The quantitative estimate of drug-likeness (QED) is 0.233. The smallest absolute Gasteiger partial charge is 0.408 e. The molecule has 8 nitrogen and oxygen atoms in total. The average Bonchev–Trinajstić information content (AvgIpc) is 2.87. The normalized spacial score (nSPS) is 12.6. The molecule has 2 rings (SSSR count). The number of carbonyl (C=O) groups is 3. The first-order chi connectivity index (χ1) is 18.2. The molecule has 2 aromatic rings. The van der Waals surface area contributed by atoms with Gasteiger partial charge in [0.05, 0.1) is 13.0 Å². The highest BCUT2D eigenvalue weighted by Gasteiger charge is 2.26. The Labute approximate surface area is 226 Å². The SMILES string of the molecule is CCCC[C@H](NC(=O)OC(C)(C)C)C(=O)N[C@H](CCCOc1ccccc1)CC(=O)OCc1ccccc1. The van der Waals surface area contributed by atoms with E-state index in [4.69, 9.17) is 14.2 Å². The van der Waals surface area contributed by atoms with Crippen molar-refractivity contribution < 1.29 is 28.6 Å². The van der Waals surface area contributed by atoms with Crippen molar-refractivity contribution in [2.24, 2.45) is 0 Å². The second-order valence-corrected chi connectivity index (χ2v) is 10.2. The van der Waals surface area contributed by atoms with E-state index in [0.717, 1.165) is 24.2 Å². The highest BCUT2D eigenvalue weighted by molar-refractivity contribution is 5.86. The van der Waals surface area contributed by atoms with Crippen LogP contribution in [0.5, 0.6) is 5.75 Å². The largest absolute Gasteiger partial charge is 0.494 e. The maximum Gasteiger partial charge on any atom is 0.408 e. The van der Waals surface area contributed by atoms with Crippen molar-refractivity contribution >= 4 is 18.0 Å². The van der Waals surface area contributed by atoms with E-state index in [1.165, 1.54) is 0 Å². The zero-order valence-electron chi connectivity index (χ0n) is 23.0. The molecule has 0 unspecified atom stereocenters. The first-order valence-electron chi connectivity index (χ1n) is 13.3. The third kappa shape index (κ3) is 13.1. The number of amides is 2. The maximum absolute atomic E-state index is 13.2. The van der Waals surface area contributed by atoms with Gasteiger partial charge in [0.25, 0.3) is 0 Å². The molecule has 0 aliphatic rings. The Morgan fingerprint density at radius 2 is 1.53 bits per heavy atom. The van der Waals surface area contributed by atoms with Gasteiger partial charge in [0.2, 0.25) is 5.91 Å². The van der Waals surface area contributed by atoms with E-state index < -0.39 is 29.7 Å². The van der Waals surface area contributed by atoms with E-state index in [-0.39, 0.29) is 18.9 Å². The number of para-hydroxylation sites is 1. The van der Waals surface area contributed by atoms with Crippen molar-refractivity contribution in [3.63, 3.8) is 0 Å². The molecule has 0 fully saturated rings. The van der Waals surface area contributed by atoms with Crippen molar-refractivity contribution in [1.82, 2.24) is 10.6 Å². The van der Waals surface area contributed by atoms with Gasteiger partial charge >= 0.3 is 12.1 Å². The summed E-state index contributed by atoms with van der Waals surface area (Å²) in [5, 5.41) is 5.64. The lowest BCUT2D eigenvalue weighted by Gasteiger charge is -2.25. The zero-order chi connectivity index (χ0) is 27.8. The molecule has 2 amide bonds. The number of rotatable bonds is 15. The van der Waals surface area contributed by atoms with Crippen molar-refractivity contribution in [2.75, 3.05) is 6.61 Å². The fourth-order valence-electron chi connectivity index (χ4n) is 3.69. The maximum atomic E-state index is 13.2. The Balaban J connectivity index is 2.00. The van der Waals surface area contributed by atoms with E-state index in [1.54, 1.807) is 20.8 Å². The van der Waals surface area contributed by atoms with E-state index in [2.05, 4.69) is 10.6 Å². The van der Waals surface area contributed by atoms with Crippen molar-refractivity contribution in [3.05, 3.63) is 66.2 Å². The third-order valence-corrected chi connectivity index (χ3v) is 5.56. The van der Waals surface area contributed by atoms with Crippen LogP contribution in [0.25, 0.3) is 0 Å². The van der Waals surface area contributed by atoms with Gasteiger partial charge in [-0.2, -0.15) is 0 Å². The molecular weight excluding hydrogens is 484 g/mol. The number of benzene rings is 2. The van der Waals surface area contributed by atoms with E-state index in [0.29, 0.717) is 25.9 Å². The summed E-state index contributed by atoms with van der Waals surface area (Å²) in [6, 6.07) is 17.6. The number of nitrogens with one attached hydrogen (secondary N) is 2. The van der Waals surface area contributed by atoms with E-state index >= 15 is 0 Å². The van der Waals surface area contributed by atoms with Gasteiger partial charge in [0.15, 0.2) is 0 Å². The Kier molecular flexibility index (Phi) is 13.2. The lowest BCUT2D eigenvalue weighted by atomic mass is 10.1. The third-order valence-electron chi connectivity index (χ3n) is 5.56. The highest BCUT2D eigenvalue weighted by atomic mass is 16.6. The molecular formula is C30H42N2O6. The fraction of sp³-hybridized carbons (Fsp3) is 0.500. The lowest BCUT2D eigenvalue weighted by Crippen LogP contribution is -2.51. The number of ether oxygens (including phenoxy) is 3. The first-order valence-corrected chi connectivity index (χ1v) is 13.3. The molecule has 38 heavy (non-hydrogen) atoms. The predicted molar refractivity (Wildman–Crippen MR) is 147 cm³/mol. The molecule has 0 saturated heterocycles. The van der Waals surface area contributed by atoms with Crippen molar-refractivity contribution in [1.29, 1.82) is 0 Å². The molecule has 0 bridgehead atoms. The van der Waals surface area contributed by atoms with Crippen LogP contribution in [0.4, 0.5) is 4.79 Å². The minimum atomic E-state index is -0.770. The minimum absolute atomic E-state index is 0.0108. The molecule has 0 aliphatic heterocycles. The second-order valence-electron chi connectivity index (χ2n) is 10.2. The lowest BCUT2D eigenvalue weighted by molar-refractivity contribution is -0.145. The highest BCUT2D eigenvalue weighted by Crippen LogP contribution is 2.13. The Morgan fingerprint density at radius 3 is 2.16 bits per heavy atom. The topological polar surface area (TPSA) is 103 Å². The summed E-state index contributed by atoms with van der Waals surface area (Å²) in [4.78, 5) is 38.2. The summed E-state index contributed by atoms with van der Waals surface area (Å²) in [6.07, 6.45) is 2.57. The van der Waals surface area contributed by atoms with Crippen molar-refractivity contribution in [3.8, 4) is 5.75 Å². The van der Waals surface area contributed by atoms with Crippen LogP contribution < -0.4 is 15.4 Å². The Bertz CT molecular complexity index is 975. The molecule has 0 radical (unpaired) electrons. The van der Waals surface area contributed by atoms with Crippen molar-refractivity contribution in [2.45, 2.75) is 90.5 Å². The van der Waals surface area contributed by atoms with Gasteiger partial charge in [-0.1, -0.05) is 68.3 Å². The van der Waals surface area contributed by atoms with Crippen LogP contribution in [0.2, 0.25) is 0 Å². The molecule has 0 spiro atoms. The van der Waals surface area contributed by atoms with E-state index in [9.17, 15) is 14.4 Å². The molecule has 2 N–H and O–H groups in total. The molecule has 2 aromatic carbocycles. The van der Waals surface area contributed by atoms with Crippen LogP contribution in [0.1, 0.15) is 71.8 Å². The summed E-state index contributed by atoms with van der Waals surface area (Å²) in [5.41, 5.74) is 0.207. The van der Waals surface area contributed by atoms with Crippen LogP contribution >= 0.6 is 0 Å². The minimum Gasteiger partial charge on any atom is -0.494 e. The fourth-order valence-corrected chi connectivity index (χ4v) is 3.69. The molecule has 2 atom stereocenters. The molecule has 0 aliphatic carbocycles. The van der Waals surface area contributed by atoms with Gasteiger partial charge in [-0.05, 0) is 57.7 Å². The van der Waals surface area contributed by atoms with Crippen LogP contribution in [-0.2, 0) is 25.7 Å². The van der Waals surface area contributed by atoms with Gasteiger partial charge in [-0.15, -0.1) is 0 Å². The van der Waals surface area contributed by atoms with Gasteiger partial charge in [0, 0.05) is 6.04 Å². The van der Waals surface area contributed by atoms with Gasteiger partial charge in [-0.3, -0.25) is 9.59 Å². The summed E-state index contributed by atoms with van der Waals surface area (Å²) in [7, 11) is 0. The average molecular weight is 527 g/mol. The number of unbranched alkanes of at least 4 members (excludes halogenated alkanes) is 1. The molecule has 0 saturated carbocycles.